The molecule has 0 atom stereocenters. The van der Waals surface area contributed by atoms with Gasteiger partial charge >= 0.3 is 0 Å². The normalized spacial score (nSPS) is 11.8. The first-order chi connectivity index (χ1) is 11.5. The van der Waals surface area contributed by atoms with E-state index >= 15 is 0 Å². The van der Waals surface area contributed by atoms with E-state index in [4.69, 9.17) is 11.6 Å². The Bertz CT molecular complexity index is 920. The minimum Gasteiger partial charge on any atom is -0.324 e. The molecule has 136 valence electrons. The molecule has 1 N–H and O–H groups in total. The van der Waals surface area contributed by atoms with Crippen molar-refractivity contribution in [3.05, 3.63) is 40.2 Å². The van der Waals surface area contributed by atoms with Gasteiger partial charge in [-0.25, -0.2) is 12.7 Å². The van der Waals surface area contributed by atoms with Crippen LogP contribution in [0, 0.1) is 20.8 Å². The van der Waals surface area contributed by atoms with E-state index in [1.807, 2.05) is 6.92 Å². The van der Waals surface area contributed by atoms with Gasteiger partial charge in [0, 0.05) is 24.8 Å². The van der Waals surface area contributed by atoms with Crippen molar-refractivity contribution in [3.63, 3.8) is 0 Å². The van der Waals surface area contributed by atoms with Crippen LogP contribution in [0.1, 0.15) is 17.0 Å². The fourth-order valence-corrected chi connectivity index (χ4v) is 3.97. The lowest BCUT2D eigenvalue weighted by Crippen LogP contribution is -2.24. The van der Waals surface area contributed by atoms with E-state index in [1.165, 1.54) is 18.8 Å². The Kier molecular flexibility index (Phi) is 5.55. The van der Waals surface area contributed by atoms with Crippen LogP contribution < -0.4 is 5.32 Å². The summed E-state index contributed by atoms with van der Waals surface area (Å²) in [6.45, 7) is 5.00. The summed E-state index contributed by atoms with van der Waals surface area (Å²) >= 11 is 5.90. The molecule has 2 aromatic rings. The summed E-state index contributed by atoms with van der Waals surface area (Å²) in [7, 11) is -0.700. The van der Waals surface area contributed by atoms with Crippen molar-refractivity contribution in [2.75, 3.05) is 19.4 Å². The van der Waals surface area contributed by atoms with Gasteiger partial charge in [-0.1, -0.05) is 11.6 Å². The summed E-state index contributed by atoms with van der Waals surface area (Å²) in [6.07, 6.45) is 0. The molecule has 0 fully saturated rings. The molecule has 2 rings (SSSR count). The summed E-state index contributed by atoms with van der Waals surface area (Å²) in [5, 5.41) is 7.58. The Hall–Kier alpha value is -1.90. The molecule has 1 aromatic carbocycles. The second-order valence-electron chi connectivity index (χ2n) is 5.95. The van der Waals surface area contributed by atoms with Crippen molar-refractivity contribution in [1.29, 1.82) is 0 Å². The molecule has 0 bridgehead atoms. The molecule has 0 saturated heterocycles. The summed E-state index contributed by atoms with van der Waals surface area (Å²) in [5.41, 5.74) is 2.28. The molecule has 0 spiro atoms. The van der Waals surface area contributed by atoms with Crippen LogP contribution in [-0.2, 0) is 21.4 Å². The standard InChI is InChI=1S/C16H21ClN4O3S/c1-10-8-13(17)6-7-14(10)18-15(22)9-21-12(3)16(11(2)19-21)25(23,24)20(4)5/h6-8H,9H2,1-5H3,(H,18,22). The van der Waals surface area contributed by atoms with Crippen LogP contribution in [0.5, 0.6) is 0 Å². The lowest BCUT2D eigenvalue weighted by atomic mass is 10.2. The molecule has 9 heteroatoms. The molecule has 0 radical (unpaired) electrons. The van der Waals surface area contributed by atoms with Gasteiger partial charge in [0.15, 0.2) is 0 Å². The molecule has 0 aliphatic heterocycles. The highest BCUT2D eigenvalue weighted by molar-refractivity contribution is 7.89. The van der Waals surface area contributed by atoms with E-state index in [0.717, 1.165) is 9.87 Å². The van der Waals surface area contributed by atoms with E-state index < -0.39 is 10.0 Å². The maximum Gasteiger partial charge on any atom is 0.246 e. The average molecular weight is 385 g/mol. The Labute approximate surface area is 152 Å². The second-order valence-corrected chi connectivity index (χ2v) is 8.48. The molecule has 0 aliphatic carbocycles. The minimum absolute atomic E-state index is 0.0856. The lowest BCUT2D eigenvalue weighted by Gasteiger charge is -2.12. The number of nitrogens with zero attached hydrogens (tertiary/aromatic N) is 3. The molecular formula is C16H21ClN4O3S. The number of hydrogen-bond donors (Lipinski definition) is 1. The Morgan fingerprint density at radius 3 is 2.48 bits per heavy atom. The summed E-state index contributed by atoms with van der Waals surface area (Å²) < 4.78 is 27.3. The van der Waals surface area contributed by atoms with Gasteiger partial charge in [-0.2, -0.15) is 5.10 Å². The van der Waals surface area contributed by atoms with E-state index in [-0.39, 0.29) is 17.3 Å². The molecule has 25 heavy (non-hydrogen) atoms. The van der Waals surface area contributed by atoms with Crippen molar-refractivity contribution in [1.82, 2.24) is 14.1 Å². The maximum absolute atomic E-state index is 12.4. The second kappa shape index (κ2) is 7.15. The number of aryl methyl sites for hydroxylation is 2. The van der Waals surface area contributed by atoms with Gasteiger partial charge in [0.25, 0.3) is 0 Å². The van der Waals surface area contributed by atoms with Gasteiger partial charge in [0.1, 0.15) is 11.4 Å². The van der Waals surface area contributed by atoms with E-state index in [0.29, 0.717) is 22.1 Å². The fraction of sp³-hybridized carbons (Fsp3) is 0.375. The first-order valence-corrected chi connectivity index (χ1v) is 9.38. The summed E-state index contributed by atoms with van der Waals surface area (Å²) in [5.74, 6) is -0.301. The number of benzene rings is 1. The van der Waals surface area contributed by atoms with Gasteiger partial charge in [0.05, 0.1) is 11.4 Å². The van der Waals surface area contributed by atoms with Crippen molar-refractivity contribution in [3.8, 4) is 0 Å². The van der Waals surface area contributed by atoms with Crippen LogP contribution in [0.15, 0.2) is 23.1 Å². The Balaban J connectivity index is 2.25. The van der Waals surface area contributed by atoms with Crippen molar-refractivity contribution in [2.45, 2.75) is 32.2 Å². The third-order valence-corrected chi connectivity index (χ3v) is 6.11. The van der Waals surface area contributed by atoms with Gasteiger partial charge in [0.2, 0.25) is 15.9 Å². The fourth-order valence-electron chi connectivity index (χ4n) is 2.48. The number of rotatable bonds is 5. The Morgan fingerprint density at radius 1 is 1.28 bits per heavy atom. The highest BCUT2D eigenvalue weighted by Crippen LogP contribution is 2.23. The molecule has 0 aliphatic rings. The number of hydrogen-bond acceptors (Lipinski definition) is 4. The zero-order valence-electron chi connectivity index (χ0n) is 14.8. The highest BCUT2D eigenvalue weighted by atomic mass is 35.5. The first-order valence-electron chi connectivity index (χ1n) is 7.56. The van der Waals surface area contributed by atoms with Crippen LogP contribution >= 0.6 is 11.6 Å². The zero-order valence-corrected chi connectivity index (χ0v) is 16.4. The van der Waals surface area contributed by atoms with Gasteiger partial charge in [-0.15, -0.1) is 0 Å². The largest absolute Gasteiger partial charge is 0.324 e. The number of nitrogens with one attached hydrogen (secondary N) is 1. The maximum atomic E-state index is 12.4. The van der Waals surface area contributed by atoms with E-state index in [9.17, 15) is 13.2 Å². The topological polar surface area (TPSA) is 84.3 Å². The SMILES string of the molecule is Cc1cc(Cl)ccc1NC(=O)Cn1nc(C)c(S(=O)(=O)N(C)C)c1C. The lowest BCUT2D eigenvalue weighted by molar-refractivity contribution is -0.116. The average Bonchev–Trinajstić information content (AvgIpc) is 2.76. The van der Waals surface area contributed by atoms with Gasteiger partial charge in [-0.3, -0.25) is 9.48 Å². The molecule has 1 amide bonds. The third-order valence-electron chi connectivity index (χ3n) is 3.81. The summed E-state index contributed by atoms with van der Waals surface area (Å²) in [4.78, 5) is 12.4. The number of aromatic nitrogens is 2. The predicted molar refractivity (Wildman–Crippen MR) is 97.4 cm³/mol. The third kappa shape index (κ3) is 4.02. The highest BCUT2D eigenvalue weighted by Gasteiger charge is 2.27. The van der Waals surface area contributed by atoms with Crippen molar-refractivity contribution in [2.24, 2.45) is 0 Å². The van der Waals surface area contributed by atoms with E-state index in [1.54, 1.807) is 32.0 Å². The Morgan fingerprint density at radius 2 is 1.92 bits per heavy atom. The van der Waals surface area contributed by atoms with Crippen LogP contribution in [0.4, 0.5) is 5.69 Å². The van der Waals surface area contributed by atoms with E-state index in [2.05, 4.69) is 10.4 Å². The van der Waals surface area contributed by atoms with Crippen molar-refractivity contribution >= 4 is 33.2 Å². The van der Waals surface area contributed by atoms with Crippen molar-refractivity contribution < 1.29 is 13.2 Å². The van der Waals surface area contributed by atoms with Crippen LogP contribution in [0.3, 0.4) is 0 Å². The molecule has 0 saturated carbocycles. The molecule has 1 aromatic heterocycles. The van der Waals surface area contributed by atoms with Gasteiger partial charge < -0.3 is 5.32 Å². The molecule has 7 nitrogen and oxygen atoms in total. The first kappa shape index (κ1) is 19.4. The molecular weight excluding hydrogens is 364 g/mol. The number of amides is 1. The summed E-state index contributed by atoms with van der Waals surface area (Å²) in [6, 6.07) is 5.16. The smallest absolute Gasteiger partial charge is 0.246 e. The predicted octanol–water partition coefficient (Wildman–Crippen LogP) is 2.35. The molecule has 0 unspecified atom stereocenters. The number of carbonyl (C=O) groups is 1. The van der Waals surface area contributed by atoms with Gasteiger partial charge in [-0.05, 0) is 44.5 Å². The number of anilines is 1. The number of sulfonamides is 1. The number of halogens is 1. The number of carbonyl (C=O) groups excluding carboxylic acids is 1. The van der Waals surface area contributed by atoms with Crippen LogP contribution in [-0.4, -0.2) is 42.5 Å². The minimum atomic E-state index is -3.62. The zero-order chi connectivity index (χ0) is 18.9. The molecule has 1 heterocycles. The van der Waals surface area contributed by atoms with Crippen LogP contribution in [0.25, 0.3) is 0 Å². The quantitative estimate of drug-likeness (QED) is 0.857. The van der Waals surface area contributed by atoms with Crippen LogP contribution in [0.2, 0.25) is 5.02 Å². The monoisotopic (exact) mass is 384 g/mol.